The van der Waals surface area contributed by atoms with Crippen molar-refractivity contribution in [2.75, 3.05) is 24.1 Å². The summed E-state index contributed by atoms with van der Waals surface area (Å²) in [6, 6.07) is 14.6. The third-order valence-corrected chi connectivity index (χ3v) is 5.31. The molecule has 0 saturated carbocycles. The number of hydrogen-bond donors (Lipinski definition) is 1. The van der Waals surface area contributed by atoms with Gasteiger partial charge in [-0.1, -0.05) is 29.8 Å². The molecule has 0 unspecified atom stereocenters. The van der Waals surface area contributed by atoms with Gasteiger partial charge in [0.1, 0.15) is 11.8 Å². The van der Waals surface area contributed by atoms with E-state index < -0.39 is 6.04 Å². The van der Waals surface area contributed by atoms with Crippen molar-refractivity contribution >= 4 is 29.3 Å². The molecule has 5 nitrogen and oxygen atoms in total. The van der Waals surface area contributed by atoms with Gasteiger partial charge in [-0.3, -0.25) is 9.59 Å². The van der Waals surface area contributed by atoms with Crippen LogP contribution in [-0.4, -0.2) is 41.5 Å². The molecular formula is C20H22N2O3S. The molecular weight excluding hydrogens is 348 g/mol. The smallest absolute Gasteiger partial charge is 0.248 e. The maximum Gasteiger partial charge on any atom is 0.248 e. The van der Waals surface area contributed by atoms with Crippen molar-refractivity contribution in [3.8, 4) is 5.75 Å². The number of benzene rings is 2. The van der Waals surface area contributed by atoms with Gasteiger partial charge in [0.25, 0.3) is 0 Å². The van der Waals surface area contributed by atoms with Gasteiger partial charge in [0.15, 0.2) is 0 Å². The van der Waals surface area contributed by atoms with Gasteiger partial charge in [-0.25, -0.2) is 0 Å². The molecule has 0 radical (unpaired) electrons. The molecule has 1 aliphatic rings. The monoisotopic (exact) mass is 370 g/mol. The van der Waals surface area contributed by atoms with Crippen molar-refractivity contribution in [1.29, 1.82) is 0 Å². The van der Waals surface area contributed by atoms with Crippen molar-refractivity contribution in [3.05, 3.63) is 59.7 Å². The van der Waals surface area contributed by atoms with Crippen molar-refractivity contribution in [2.45, 2.75) is 19.4 Å². The topological polar surface area (TPSA) is 58.6 Å². The number of hydrogen-bond acceptors (Lipinski definition) is 4. The normalized spacial score (nSPS) is 16.4. The number of anilines is 1. The van der Waals surface area contributed by atoms with E-state index in [0.29, 0.717) is 23.7 Å². The summed E-state index contributed by atoms with van der Waals surface area (Å²) < 4.78 is 5.12. The van der Waals surface area contributed by atoms with Gasteiger partial charge in [0, 0.05) is 11.4 Å². The molecule has 1 fully saturated rings. The molecule has 0 aliphatic carbocycles. The number of methoxy groups -OCH3 is 1. The predicted octanol–water partition coefficient (Wildman–Crippen LogP) is 3.09. The summed E-state index contributed by atoms with van der Waals surface area (Å²) in [4.78, 5) is 27.0. The van der Waals surface area contributed by atoms with E-state index in [0.717, 1.165) is 16.9 Å². The molecule has 1 aliphatic heterocycles. The summed E-state index contributed by atoms with van der Waals surface area (Å²) in [5.74, 6) is 1.72. The summed E-state index contributed by atoms with van der Waals surface area (Å²) in [5.41, 5.74) is 2.79. The van der Waals surface area contributed by atoms with E-state index in [-0.39, 0.29) is 11.8 Å². The number of ether oxygens (including phenoxy) is 1. The van der Waals surface area contributed by atoms with Crippen LogP contribution in [0.2, 0.25) is 0 Å². The molecule has 1 atom stereocenters. The second kappa shape index (κ2) is 8.27. The molecule has 6 heteroatoms. The van der Waals surface area contributed by atoms with Crippen molar-refractivity contribution in [2.24, 2.45) is 0 Å². The number of nitrogens with one attached hydrogen (secondary N) is 1. The van der Waals surface area contributed by atoms with Crippen LogP contribution >= 0.6 is 11.8 Å². The Labute approximate surface area is 157 Å². The van der Waals surface area contributed by atoms with Crippen LogP contribution in [0.15, 0.2) is 48.5 Å². The van der Waals surface area contributed by atoms with Crippen molar-refractivity contribution in [1.82, 2.24) is 4.90 Å². The Bertz CT molecular complexity index is 792. The first-order valence-corrected chi connectivity index (χ1v) is 9.60. The average molecular weight is 370 g/mol. The fraction of sp³-hybridized carbons (Fsp3) is 0.300. The highest BCUT2D eigenvalue weighted by Gasteiger charge is 2.34. The maximum atomic E-state index is 12.7. The third kappa shape index (κ3) is 4.38. The Morgan fingerprint density at radius 1 is 1.23 bits per heavy atom. The minimum Gasteiger partial charge on any atom is -0.497 e. The molecule has 0 aromatic heterocycles. The van der Waals surface area contributed by atoms with E-state index in [1.165, 1.54) is 0 Å². The number of aryl methyl sites for hydroxylation is 1. The van der Waals surface area contributed by atoms with Gasteiger partial charge >= 0.3 is 0 Å². The largest absolute Gasteiger partial charge is 0.497 e. The number of rotatable bonds is 5. The Morgan fingerprint density at radius 3 is 2.69 bits per heavy atom. The summed E-state index contributed by atoms with van der Waals surface area (Å²) in [5, 5.41) is 2.89. The van der Waals surface area contributed by atoms with Crippen LogP contribution < -0.4 is 10.1 Å². The molecule has 0 spiro atoms. The molecule has 1 saturated heterocycles. The minimum atomic E-state index is -0.445. The molecule has 1 N–H and O–H groups in total. The first kappa shape index (κ1) is 18.3. The van der Waals surface area contributed by atoms with Crippen LogP contribution in [0.3, 0.4) is 0 Å². The fourth-order valence-corrected chi connectivity index (χ4v) is 4.08. The number of carbonyl (C=O) groups is 2. The Morgan fingerprint density at radius 2 is 2.00 bits per heavy atom. The lowest BCUT2D eigenvalue weighted by molar-refractivity contribution is -0.135. The second-order valence-electron chi connectivity index (χ2n) is 6.26. The van der Waals surface area contributed by atoms with Crippen LogP contribution in [0.4, 0.5) is 5.69 Å². The molecule has 26 heavy (non-hydrogen) atoms. The molecule has 136 valence electrons. The Kier molecular flexibility index (Phi) is 5.83. The van der Waals surface area contributed by atoms with Gasteiger partial charge in [-0.05, 0) is 36.8 Å². The quantitative estimate of drug-likeness (QED) is 0.879. The Hall–Kier alpha value is -2.47. The highest BCUT2D eigenvalue weighted by atomic mass is 32.2. The van der Waals surface area contributed by atoms with Gasteiger partial charge in [-0.15, -0.1) is 11.8 Å². The zero-order valence-electron chi connectivity index (χ0n) is 14.9. The number of amides is 2. The molecule has 2 amide bonds. The van der Waals surface area contributed by atoms with Crippen molar-refractivity contribution in [3.63, 3.8) is 0 Å². The first-order chi connectivity index (χ1) is 12.6. The van der Waals surface area contributed by atoms with E-state index in [9.17, 15) is 9.59 Å². The summed E-state index contributed by atoms with van der Waals surface area (Å²) in [6.45, 7) is 2.00. The lowest BCUT2D eigenvalue weighted by Crippen LogP contribution is -2.45. The molecule has 1 heterocycles. The molecule has 0 bridgehead atoms. The number of thioether (sulfide) groups is 1. The predicted molar refractivity (Wildman–Crippen MR) is 104 cm³/mol. The molecule has 3 rings (SSSR count). The van der Waals surface area contributed by atoms with Crippen molar-refractivity contribution < 1.29 is 14.3 Å². The van der Waals surface area contributed by atoms with Crippen LogP contribution in [-0.2, 0) is 16.0 Å². The summed E-state index contributed by atoms with van der Waals surface area (Å²) in [6.07, 6.45) is 0.314. The number of nitrogens with zero attached hydrogens (tertiary/aromatic N) is 1. The minimum absolute atomic E-state index is 0.0181. The standard InChI is InChI=1S/C20H22N2O3S/c1-14-4-3-5-15(10-14)11-19(23)22-13-26-12-18(22)20(24)21-16-6-8-17(25-2)9-7-16/h3-10,18H,11-13H2,1-2H3,(H,21,24)/t18-/m0/s1. The lowest BCUT2D eigenvalue weighted by atomic mass is 10.1. The van der Waals surface area contributed by atoms with E-state index >= 15 is 0 Å². The maximum absolute atomic E-state index is 12.7. The Balaban J connectivity index is 1.64. The van der Waals surface area contributed by atoms with E-state index in [2.05, 4.69) is 5.32 Å². The zero-order valence-corrected chi connectivity index (χ0v) is 15.7. The van der Waals surface area contributed by atoms with Gasteiger partial charge < -0.3 is 15.0 Å². The van der Waals surface area contributed by atoms with E-state index in [1.807, 2.05) is 31.2 Å². The number of carbonyl (C=O) groups excluding carboxylic acids is 2. The van der Waals surface area contributed by atoms with E-state index in [4.69, 9.17) is 4.74 Å². The van der Waals surface area contributed by atoms with Gasteiger partial charge in [0.05, 0.1) is 19.4 Å². The van der Waals surface area contributed by atoms with Crippen LogP contribution in [0, 0.1) is 6.92 Å². The third-order valence-electron chi connectivity index (χ3n) is 4.30. The second-order valence-corrected chi connectivity index (χ2v) is 7.26. The summed E-state index contributed by atoms with van der Waals surface area (Å²) >= 11 is 1.60. The first-order valence-electron chi connectivity index (χ1n) is 8.44. The van der Waals surface area contributed by atoms with Gasteiger partial charge in [0.2, 0.25) is 11.8 Å². The van der Waals surface area contributed by atoms with Crippen LogP contribution in [0.25, 0.3) is 0 Å². The average Bonchev–Trinajstić information content (AvgIpc) is 3.12. The summed E-state index contributed by atoms with van der Waals surface area (Å²) in [7, 11) is 1.60. The highest BCUT2D eigenvalue weighted by Crippen LogP contribution is 2.24. The van der Waals surface area contributed by atoms with Crippen LogP contribution in [0.1, 0.15) is 11.1 Å². The molecule has 2 aromatic carbocycles. The fourth-order valence-electron chi connectivity index (χ4n) is 2.90. The van der Waals surface area contributed by atoms with Crippen LogP contribution in [0.5, 0.6) is 5.75 Å². The highest BCUT2D eigenvalue weighted by molar-refractivity contribution is 7.99. The van der Waals surface area contributed by atoms with Gasteiger partial charge in [-0.2, -0.15) is 0 Å². The SMILES string of the molecule is COc1ccc(NC(=O)[C@@H]2CSCN2C(=O)Cc2cccc(C)c2)cc1. The zero-order chi connectivity index (χ0) is 18.5. The lowest BCUT2D eigenvalue weighted by Gasteiger charge is -2.23. The van der Waals surface area contributed by atoms with E-state index in [1.54, 1.807) is 48.0 Å². The molecule has 2 aromatic rings.